The molecule has 0 aliphatic carbocycles. The van der Waals surface area contributed by atoms with Crippen molar-refractivity contribution in [1.82, 2.24) is 9.55 Å². The average Bonchev–Trinajstić information content (AvgIpc) is 2.54. The Morgan fingerprint density at radius 1 is 1.38 bits per heavy atom. The molecule has 2 aromatic rings. The third kappa shape index (κ3) is 4.05. The number of nitrogen functional groups attached to an aromatic ring is 1. The van der Waals surface area contributed by atoms with Crippen LogP contribution in [0.3, 0.4) is 0 Å². The van der Waals surface area contributed by atoms with Crippen molar-refractivity contribution < 1.29 is 4.79 Å². The van der Waals surface area contributed by atoms with Crippen LogP contribution in [-0.4, -0.2) is 15.5 Å². The van der Waals surface area contributed by atoms with Crippen LogP contribution in [0.1, 0.15) is 12.0 Å². The molecule has 0 fully saturated rings. The van der Waals surface area contributed by atoms with Crippen molar-refractivity contribution in [3.63, 3.8) is 0 Å². The summed E-state index contributed by atoms with van der Waals surface area (Å²) >= 11 is 2.19. The second-order valence-electron chi connectivity index (χ2n) is 4.95. The summed E-state index contributed by atoms with van der Waals surface area (Å²) in [5.74, 6) is 1.64. The minimum atomic E-state index is -0.725. The number of aryl methyl sites for hydroxylation is 1. The third-order valence-electron chi connectivity index (χ3n) is 3.31. The molecule has 4 N–H and O–H groups in total. The van der Waals surface area contributed by atoms with Gasteiger partial charge < -0.3 is 11.1 Å². The van der Waals surface area contributed by atoms with Crippen LogP contribution in [0.25, 0.3) is 0 Å². The van der Waals surface area contributed by atoms with Crippen LogP contribution in [0.5, 0.6) is 0 Å². The standard InChI is InChI=1S/C16H15IN4O3/c1-2-9-21-15(23)13(14(18)20-16(21)24)19-12(22)8-7-10-5-3-4-6-11(10)17/h1,3-6H,7-9,18H2,(H,19,22)(H,20,24). The number of nitrogens with zero attached hydrogens (tertiary/aromatic N) is 1. The van der Waals surface area contributed by atoms with E-state index in [9.17, 15) is 14.4 Å². The molecule has 0 unspecified atom stereocenters. The van der Waals surface area contributed by atoms with Crippen LogP contribution in [0.4, 0.5) is 11.5 Å². The fourth-order valence-corrected chi connectivity index (χ4v) is 2.75. The Bertz CT molecular complexity index is 924. The molecular formula is C16H15IN4O3. The van der Waals surface area contributed by atoms with Gasteiger partial charge in [-0.05, 0) is 40.6 Å². The van der Waals surface area contributed by atoms with Gasteiger partial charge in [-0.15, -0.1) is 6.42 Å². The molecule has 0 saturated carbocycles. The van der Waals surface area contributed by atoms with Gasteiger partial charge in [0.05, 0.1) is 6.54 Å². The van der Waals surface area contributed by atoms with Crippen LogP contribution in [0.15, 0.2) is 33.9 Å². The summed E-state index contributed by atoms with van der Waals surface area (Å²) in [6, 6.07) is 7.70. The van der Waals surface area contributed by atoms with Gasteiger partial charge in [0.15, 0.2) is 0 Å². The molecule has 0 saturated heterocycles. The van der Waals surface area contributed by atoms with E-state index in [4.69, 9.17) is 12.2 Å². The van der Waals surface area contributed by atoms with Gasteiger partial charge in [0, 0.05) is 9.99 Å². The first kappa shape index (κ1) is 17.8. The topological polar surface area (TPSA) is 110 Å². The monoisotopic (exact) mass is 438 g/mol. The number of nitrogens with one attached hydrogen (secondary N) is 2. The number of nitrogens with two attached hydrogens (primary N) is 1. The first-order chi connectivity index (χ1) is 11.4. The maximum atomic E-state index is 12.2. The van der Waals surface area contributed by atoms with Crippen LogP contribution in [0.2, 0.25) is 0 Å². The predicted octanol–water partition coefficient (Wildman–Crippen LogP) is 0.928. The van der Waals surface area contributed by atoms with Crippen LogP contribution >= 0.6 is 22.6 Å². The van der Waals surface area contributed by atoms with Gasteiger partial charge in [-0.25, -0.2) is 9.36 Å². The van der Waals surface area contributed by atoms with Gasteiger partial charge in [-0.2, -0.15) is 0 Å². The van der Waals surface area contributed by atoms with E-state index in [1.807, 2.05) is 24.3 Å². The van der Waals surface area contributed by atoms with E-state index in [-0.39, 0.29) is 30.4 Å². The zero-order valence-corrected chi connectivity index (χ0v) is 14.8. The highest BCUT2D eigenvalue weighted by Crippen LogP contribution is 2.14. The number of H-pyrrole nitrogens is 1. The Balaban J connectivity index is 2.16. The molecule has 0 aliphatic heterocycles. The van der Waals surface area contributed by atoms with Crippen molar-refractivity contribution in [2.45, 2.75) is 19.4 Å². The number of benzene rings is 1. The van der Waals surface area contributed by atoms with Crippen molar-refractivity contribution in [2.75, 3.05) is 11.1 Å². The SMILES string of the molecule is C#CCn1c(=O)[nH]c(N)c(NC(=O)CCc2ccccc2I)c1=O. The van der Waals surface area contributed by atoms with E-state index in [2.05, 4.69) is 38.8 Å². The van der Waals surface area contributed by atoms with E-state index in [1.54, 1.807) is 0 Å². The smallest absolute Gasteiger partial charge is 0.330 e. The second-order valence-corrected chi connectivity index (χ2v) is 6.12. The average molecular weight is 438 g/mol. The lowest BCUT2D eigenvalue weighted by Gasteiger charge is -2.10. The highest BCUT2D eigenvalue weighted by molar-refractivity contribution is 14.1. The van der Waals surface area contributed by atoms with Crippen molar-refractivity contribution in [1.29, 1.82) is 0 Å². The summed E-state index contributed by atoms with van der Waals surface area (Å²) < 4.78 is 1.86. The molecule has 8 heteroatoms. The molecule has 1 amide bonds. The summed E-state index contributed by atoms with van der Waals surface area (Å²) in [5.41, 5.74) is 5.06. The van der Waals surface area contributed by atoms with E-state index < -0.39 is 11.2 Å². The summed E-state index contributed by atoms with van der Waals surface area (Å²) in [7, 11) is 0. The first-order valence-corrected chi connectivity index (χ1v) is 8.11. The lowest BCUT2D eigenvalue weighted by atomic mass is 10.1. The molecule has 24 heavy (non-hydrogen) atoms. The molecule has 0 aliphatic rings. The number of anilines is 2. The number of aromatic amines is 1. The number of hydrogen-bond donors (Lipinski definition) is 3. The van der Waals surface area contributed by atoms with Crippen LogP contribution in [0, 0.1) is 15.9 Å². The van der Waals surface area contributed by atoms with E-state index in [1.165, 1.54) is 0 Å². The molecule has 1 aromatic carbocycles. The first-order valence-electron chi connectivity index (χ1n) is 7.03. The number of carbonyl (C=O) groups excluding carboxylic acids is 1. The minimum absolute atomic E-state index is 0.169. The van der Waals surface area contributed by atoms with Gasteiger partial charge in [0.2, 0.25) is 5.91 Å². The highest BCUT2D eigenvalue weighted by Gasteiger charge is 2.14. The number of carbonyl (C=O) groups is 1. The van der Waals surface area contributed by atoms with Gasteiger partial charge in [-0.1, -0.05) is 24.1 Å². The molecule has 124 valence electrons. The summed E-state index contributed by atoms with van der Waals surface area (Å²) in [4.78, 5) is 38.3. The normalized spacial score (nSPS) is 10.2. The molecule has 1 heterocycles. The van der Waals surface area contributed by atoms with Crippen molar-refractivity contribution >= 4 is 40.0 Å². The maximum Gasteiger partial charge on any atom is 0.330 e. The van der Waals surface area contributed by atoms with Crippen molar-refractivity contribution in [2.24, 2.45) is 0 Å². The third-order valence-corrected chi connectivity index (χ3v) is 4.36. The lowest BCUT2D eigenvalue weighted by molar-refractivity contribution is -0.116. The Kier molecular flexibility index (Phi) is 5.81. The minimum Gasteiger partial charge on any atom is -0.383 e. The Morgan fingerprint density at radius 3 is 2.75 bits per heavy atom. The molecular weight excluding hydrogens is 423 g/mol. The van der Waals surface area contributed by atoms with Gasteiger partial charge >= 0.3 is 5.69 Å². The summed E-state index contributed by atoms with van der Waals surface area (Å²) in [5, 5.41) is 2.46. The van der Waals surface area contributed by atoms with Crippen LogP contribution in [-0.2, 0) is 17.8 Å². The zero-order valence-electron chi connectivity index (χ0n) is 12.6. The van der Waals surface area contributed by atoms with E-state index in [0.29, 0.717) is 6.42 Å². The van der Waals surface area contributed by atoms with Gasteiger partial charge in [-0.3, -0.25) is 14.6 Å². The predicted molar refractivity (Wildman–Crippen MR) is 101 cm³/mol. The number of aromatic nitrogens is 2. The summed E-state index contributed by atoms with van der Waals surface area (Å²) in [6.07, 6.45) is 5.83. The number of hydrogen-bond acceptors (Lipinski definition) is 4. The maximum absolute atomic E-state index is 12.2. The molecule has 0 spiro atoms. The van der Waals surface area contributed by atoms with Crippen molar-refractivity contribution in [3.8, 4) is 12.3 Å². The molecule has 7 nitrogen and oxygen atoms in total. The van der Waals surface area contributed by atoms with Crippen LogP contribution < -0.4 is 22.3 Å². The molecule has 2 rings (SSSR count). The van der Waals surface area contributed by atoms with E-state index >= 15 is 0 Å². The summed E-state index contributed by atoms with van der Waals surface area (Å²) in [6.45, 7) is -0.209. The second kappa shape index (κ2) is 7.83. The van der Waals surface area contributed by atoms with Crippen molar-refractivity contribution in [3.05, 3.63) is 54.2 Å². The Hall–Kier alpha value is -2.54. The fourth-order valence-electron chi connectivity index (χ4n) is 2.09. The largest absolute Gasteiger partial charge is 0.383 e. The van der Waals surface area contributed by atoms with Gasteiger partial charge in [0.1, 0.15) is 11.5 Å². The number of halogens is 1. The number of amides is 1. The highest BCUT2D eigenvalue weighted by atomic mass is 127. The quantitative estimate of drug-likeness (QED) is 0.477. The lowest BCUT2D eigenvalue weighted by Crippen LogP contribution is -2.38. The number of terminal acetylenes is 1. The zero-order chi connectivity index (χ0) is 17.7. The van der Waals surface area contributed by atoms with Gasteiger partial charge in [0.25, 0.3) is 5.56 Å². The molecule has 1 aromatic heterocycles. The molecule has 0 bridgehead atoms. The molecule has 0 atom stereocenters. The number of rotatable bonds is 5. The van der Waals surface area contributed by atoms with E-state index in [0.717, 1.165) is 13.7 Å². The molecule has 0 radical (unpaired) electrons. The Labute approximate surface area is 151 Å². The Morgan fingerprint density at radius 2 is 2.08 bits per heavy atom. The fraction of sp³-hybridized carbons (Fsp3) is 0.188.